The molecule has 2 unspecified atom stereocenters. The maximum atomic E-state index is 7.10. The van der Waals surface area contributed by atoms with Crippen LogP contribution in [0.2, 0.25) is 5.02 Å². The molecule has 0 bridgehead atoms. The molecule has 8 rings (SSSR count). The Labute approximate surface area is 268 Å². The van der Waals surface area contributed by atoms with Gasteiger partial charge in [-0.2, -0.15) is 0 Å². The van der Waals surface area contributed by atoms with Gasteiger partial charge in [0.1, 0.15) is 11.2 Å². The molecule has 3 heteroatoms. The summed E-state index contributed by atoms with van der Waals surface area (Å²) in [5, 5.41) is 7.96. The minimum absolute atomic E-state index is 0.0602. The molecule has 0 spiro atoms. The van der Waals surface area contributed by atoms with E-state index in [1.165, 1.54) is 38.2 Å². The zero-order valence-electron chi connectivity index (χ0n) is 25.5. The van der Waals surface area contributed by atoms with Crippen LogP contribution in [0.25, 0.3) is 49.1 Å². The van der Waals surface area contributed by atoms with Gasteiger partial charge in [-0.25, -0.2) is 0 Å². The van der Waals surface area contributed by atoms with E-state index in [9.17, 15) is 0 Å². The summed E-state index contributed by atoms with van der Waals surface area (Å²) in [7, 11) is 0. The SMILES string of the molecule is CC[C@H]1/C(c2ccc3c(ccc4ccccc43)c2)=C/CC(C)/C(c2cc3oc4ccccc4c3cc2Cl)=N\C1c1ccccc1. The summed E-state index contributed by atoms with van der Waals surface area (Å²) >= 11 is 7.10. The minimum Gasteiger partial charge on any atom is -0.456 e. The van der Waals surface area contributed by atoms with Crippen molar-refractivity contribution in [2.45, 2.75) is 32.7 Å². The molecule has 1 aromatic heterocycles. The number of fused-ring (bicyclic) bond motifs is 6. The van der Waals surface area contributed by atoms with Crippen molar-refractivity contribution in [3.63, 3.8) is 0 Å². The van der Waals surface area contributed by atoms with Crippen molar-refractivity contribution in [2.75, 3.05) is 0 Å². The van der Waals surface area contributed by atoms with E-state index >= 15 is 0 Å². The predicted octanol–water partition coefficient (Wildman–Crippen LogP) is 12.2. The Morgan fingerprint density at radius 1 is 0.711 bits per heavy atom. The predicted molar refractivity (Wildman–Crippen MR) is 191 cm³/mol. The van der Waals surface area contributed by atoms with Crippen LogP contribution in [0, 0.1) is 11.8 Å². The van der Waals surface area contributed by atoms with Crippen LogP contribution in [0.4, 0.5) is 0 Å². The number of benzene rings is 6. The molecule has 3 atom stereocenters. The number of aliphatic imine (C=N–C) groups is 1. The number of nitrogens with zero attached hydrogens (tertiary/aromatic N) is 1. The average molecular weight is 604 g/mol. The van der Waals surface area contributed by atoms with Crippen LogP contribution in [0.15, 0.2) is 137 Å². The fraction of sp³-hybridized carbons (Fsp3) is 0.167. The molecule has 0 saturated heterocycles. The summed E-state index contributed by atoms with van der Waals surface area (Å²) in [5.41, 5.74) is 7.58. The summed E-state index contributed by atoms with van der Waals surface area (Å²) in [6, 6.07) is 43.1. The first kappa shape index (κ1) is 27.9. The first-order valence-electron chi connectivity index (χ1n) is 15.9. The van der Waals surface area contributed by atoms with Crippen LogP contribution >= 0.6 is 11.6 Å². The molecule has 0 saturated carbocycles. The molecule has 0 N–H and O–H groups in total. The second kappa shape index (κ2) is 11.4. The molecule has 45 heavy (non-hydrogen) atoms. The van der Waals surface area contributed by atoms with E-state index in [1.807, 2.05) is 18.2 Å². The van der Waals surface area contributed by atoms with Gasteiger partial charge in [-0.15, -0.1) is 0 Å². The smallest absolute Gasteiger partial charge is 0.136 e. The summed E-state index contributed by atoms with van der Waals surface area (Å²) in [6.07, 6.45) is 4.30. The number of rotatable bonds is 4. The fourth-order valence-electron chi connectivity index (χ4n) is 7.30. The van der Waals surface area contributed by atoms with Gasteiger partial charge in [-0.05, 0) is 75.4 Å². The molecule has 0 amide bonds. The molecule has 1 aliphatic heterocycles. The van der Waals surface area contributed by atoms with Crippen molar-refractivity contribution in [2.24, 2.45) is 16.8 Å². The minimum atomic E-state index is -0.0602. The number of furan rings is 1. The highest BCUT2D eigenvalue weighted by atomic mass is 35.5. The van der Waals surface area contributed by atoms with Crippen LogP contribution in [0.3, 0.4) is 0 Å². The number of hydrogen-bond acceptors (Lipinski definition) is 2. The molecular formula is C42H34ClNO. The first-order chi connectivity index (χ1) is 22.1. The number of hydrogen-bond donors (Lipinski definition) is 0. The Hall–Kier alpha value is -4.66. The van der Waals surface area contributed by atoms with E-state index in [4.69, 9.17) is 21.0 Å². The third-order valence-electron chi connectivity index (χ3n) is 9.62. The van der Waals surface area contributed by atoms with E-state index < -0.39 is 0 Å². The largest absolute Gasteiger partial charge is 0.456 e. The Balaban J connectivity index is 1.28. The van der Waals surface area contributed by atoms with E-state index in [1.54, 1.807) is 0 Å². The van der Waals surface area contributed by atoms with Gasteiger partial charge in [0.2, 0.25) is 0 Å². The summed E-state index contributed by atoms with van der Waals surface area (Å²) in [6.45, 7) is 4.56. The lowest BCUT2D eigenvalue weighted by Gasteiger charge is -2.31. The summed E-state index contributed by atoms with van der Waals surface area (Å²) < 4.78 is 6.30. The molecule has 6 aromatic carbocycles. The Kier molecular flexibility index (Phi) is 7.03. The number of allylic oxidation sites excluding steroid dienone is 1. The van der Waals surface area contributed by atoms with Crippen LogP contribution in [-0.2, 0) is 0 Å². The lowest BCUT2D eigenvalue weighted by molar-refractivity contribution is 0.514. The van der Waals surface area contributed by atoms with Gasteiger partial charge in [0.15, 0.2) is 0 Å². The highest BCUT2D eigenvalue weighted by Crippen LogP contribution is 2.44. The zero-order chi connectivity index (χ0) is 30.5. The van der Waals surface area contributed by atoms with Crippen molar-refractivity contribution in [3.05, 3.63) is 149 Å². The fourth-order valence-corrected chi connectivity index (χ4v) is 7.57. The van der Waals surface area contributed by atoms with Gasteiger partial charge >= 0.3 is 0 Å². The molecule has 0 fully saturated rings. The van der Waals surface area contributed by atoms with Crippen molar-refractivity contribution in [3.8, 4) is 0 Å². The molecule has 2 nitrogen and oxygen atoms in total. The van der Waals surface area contributed by atoms with Crippen LogP contribution in [0.1, 0.15) is 49.4 Å². The standard InChI is InChI=1S/C42H34ClNO/c1-3-31-33(30-20-22-34-29(23-30)19-18-27-11-7-8-14-32(27)34)21-17-26(2)41(44-42(31)28-12-5-4-6-13-28)37-25-40-36(24-38(37)43)35-15-9-10-16-39(35)45-40/h4-16,18-26,31,42H,3,17H2,1-2H3/b33-21+,44-41+/t26?,31-,42?/m0/s1. The highest BCUT2D eigenvalue weighted by Gasteiger charge is 2.30. The van der Waals surface area contributed by atoms with Gasteiger partial charge < -0.3 is 4.42 Å². The molecule has 1 aliphatic rings. The molecule has 0 aliphatic carbocycles. The Morgan fingerprint density at radius 3 is 2.29 bits per heavy atom. The van der Waals surface area contributed by atoms with E-state index in [0.717, 1.165) is 46.1 Å². The van der Waals surface area contributed by atoms with Gasteiger partial charge in [-0.3, -0.25) is 4.99 Å². The quantitative estimate of drug-likeness (QED) is 0.184. The van der Waals surface area contributed by atoms with Crippen LogP contribution < -0.4 is 0 Å². The van der Waals surface area contributed by atoms with Crippen molar-refractivity contribution in [1.82, 2.24) is 0 Å². The van der Waals surface area contributed by atoms with Gasteiger partial charge in [0.05, 0.1) is 11.1 Å². The molecular weight excluding hydrogens is 570 g/mol. The first-order valence-corrected chi connectivity index (χ1v) is 16.3. The van der Waals surface area contributed by atoms with Crippen LogP contribution in [0.5, 0.6) is 0 Å². The normalized spacial score (nSPS) is 21.4. The second-order valence-electron chi connectivity index (χ2n) is 12.3. The highest BCUT2D eigenvalue weighted by molar-refractivity contribution is 6.35. The van der Waals surface area contributed by atoms with Crippen LogP contribution in [-0.4, -0.2) is 5.71 Å². The topological polar surface area (TPSA) is 25.5 Å². The molecule has 220 valence electrons. The van der Waals surface area contributed by atoms with E-state index in [-0.39, 0.29) is 17.9 Å². The summed E-state index contributed by atoms with van der Waals surface area (Å²) in [4.78, 5) is 5.66. The molecule has 2 heterocycles. The maximum Gasteiger partial charge on any atom is 0.136 e. The number of para-hydroxylation sites is 1. The zero-order valence-corrected chi connectivity index (χ0v) is 26.3. The lowest BCUT2D eigenvalue weighted by Crippen LogP contribution is -2.22. The van der Waals surface area contributed by atoms with Gasteiger partial charge in [-0.1, -0.05) is 129 Å². The third kappa shape index (κ3) is 4.85. The second-order valence-corrected chi connectivity index (χ2v) is 12.7. The van der Waals surface area contributed by atoms with Crippen molar-refractivity contribution < 1.29 is 4.42 Å². The molecule has 7 aromatic rings. The monoisotopic (exact) mass is 603 g/mol. The van der Waals surface area contributed by atoms with Gasteiger partial charge in [0.25, 0.3) is 0 Å². The van der Waals surface area contributed by atoms with Gasteiger partial charge in [0, 0.05) is 33.9 Å². The maximum absolute atomic E-state index is 7.10. The lowest BCUT2D eigenvalue weighted by atomic mass is 9.78. The van der Waals surface area contributed by atoms with E-state index in [2.05, 4.69) is 123 Å². The number of halogens is 1. The summed E-state index contributed by atoms with van der Waals surface area (Å²) in [5.74, 6) is 0.356. The Bertz CT molecular complexity index is 2280. The average Bonchev–Trinajstić information content (AvgIpc) is 3.44. The Morgan fingerprint density at radius 2 is 1.44 bits per heavy atom. The third-order valence-corrected chi connectivity index (χ3v) is 9.93. The molecule has 0 radical (unpaired) electrons. The van der Waals surface area contributed by atoms with E-state index in [0.29, 0.717) is 5.02 Å². The van der Waals surface area contributed by atoms with Crippen molar-refractivity contribution in [1.29, 1.82) is 0 Å². The van der Waals surface area contributed by atoms with Crippen molar-refractivity contribution >= 4 is 66.4 Å².